The van der Waals surface area contributed by atoms with Crippen molar-refractivity contribution < 1.29 is 4.39 Å². The molecular weight excluding hydrogens is 341 g/mol. The molecule has 0 bridgehead atoms. The summed E-state index contributed by atoms with van der Waals surface area (Å²) in [5.74, 6) is 0.957. The second-order valence-electron chi connectivity index (χ2n) is 5.92. The van der Waals surface area contributed by atoms with E-state index in [1.165, 1.54) is 12.1 Å². The van der Waals surface area contributed by atoms with Gasteiger partial charge in [-0.25, -0.2) is 14.4 Å². The lowest BCUT2D eigenvalue weighted by Crippen LogP contribution is -2.04. The van der Waals surface area contributed by atoms with Crippen LogP contribution in [0.4, 0.5) is 10.2 Å². The molecule has 3 heterocycles. The Hall–Kier alpha value is -3.67. The molecule has 1 N–H and O–H groups in total. The largest absolute Gasteiger partial charge is 0.366 e. The molecule has 0 saturated heterocycles. The van der Waals surface area contributed by atoms with E-state index in [0.29, 0.717) is 23.9 Å². The molecule has 0 radical (unpaired) electrons. The Labute approximate surface area is 156 Å². The molecule has 0 fully saturated rings. The molecule has 5 nitrogen and oxygen atoms in total. The lowest BCUT2D eigenvalue weighted by atomic mass is 10.1. The molecule has 0 saturated carbocycles. The van der Waals surface area contributed by atoms with Gasteiger partial charge < -0.3 is 5.32 Å². The molecule has 1 aromatic carbocycles. The molecule has 0 aliphatic carbocycles. The van der Waals surface area contributed by atoms with Crippen molar-refractivity contribution in [1.29, 1.82) is 0 Å². The molecule has 0 aliphatic rings. The topological polar surface area (TPSA) is 63.6 Å². The number of hydrogen-bond acceptors (Lipinski definition) is 5. The fourth-order valence-electron chi connectivity index (χ4n) is 2.62. The zero-order chi connectivity index (χ0) is 18.5. The van der Waals surface area contributed by atoms with Crippen molar-refractivity contribution in [2.75, 3.05) is 5.32 Å². The molecular formula is C21H16FN5. The van der Waals surface area contributed by atoms with Gasteiger partial charge >= 0.3 is 0 Å². The van der Waals surface area contributed by atoms with Crippen LogP contribution in [-0.4, -0.2) is 19.9 Å². The summed E-state index contributed by atoms with van der Waals surface area (Å²) in [5, 5.41) is 3.32. The quantitative estimate of drug-likeness (QED) is 0.575. The van der Waals surface area contributed by atoms with E-state index in [0.717, 1.165) is 16.7 Å². The molecule has 0 unspecified atom stereocenters. The first-order valence-electron chi connectivity index (χ1n) is 8.46. The van der Waals surface area contributed by atoms with Gasteiger partial charge in [-0.05, 0) is 54.1 Å². The maximum Gasteiger partial charge on any atom is 0.163 e. The van der Waals surface area contributed by atoms with Crippen molar-refractivity contribution in [2.45, 2.75) is 6.54 Å². The lowest BCUT2D eigenvalue weighted by molar-refractivity contribution is 0.628. The number of nitrogens with one attached hydrogen (secondary N) is 1. The molecule has 0 atom stereocenters. The van der Waals surface area contributed by atoms with Gasteiger partial charge in [0.15, 0.2) is 5.82 Å². The van der Waals surface area contributed by atoms with Crippen LogP contribution in [-0.2, 0) is 6.54 Å². The summed E-state index contributed by atoms with van der Waals surface area (Å²) < 4.78 is 13.3. The van der Waals surface area contributed by atoms with Crippen LogP contribution in [0.3, 0.4) is 0 Å². The Bertz CT molecular complexity index is 1020. The molecule has 0 amide bonds. The van der Waals surface area contributed by atoms with Gasteiger partial charge in [0.2, 0.25) is 0 Å². The molecule has 3 aromatic heterocycles. The second-order valence-corrected chi connectivity index (χ2v) is 5.92. The van der Waals surface area contributed by atoms with E-state index in [-0.39, 0.29) is 5.82 Å². The lowest BCUT2D eigenvalue weighted by Gasteiger charge is -2.10. The number of hydrogen-bond donors (Lipinski definition) is 1. The summed E-state index contributed by atoms with van der Waals surface area (Å²) in [7, 11) is 0. The fourth-order valence-corrected chi connectivity index (χ4v) is 2.62. The third-order valence-electron chi connectivity index (χ3n) is 4.01. The van der Waals surface area contributed by atoms with Gasteiger partial charge in [-0.15, -0.1) is 0 Å². The Morgan fingerprint density at radius 3 is 2.37 bits per heavy atom. The molecule has 4 aromatic rings. The van der Waals surface area contributed by atoms with Crippen molar-refractivity contribution >= 4 is 5.82 Å². The van der Waals surface area contributed by atoms with Crippen LogP contribution < -0.4 is 5.32 Å². The van der Waals surface area contributed by atoms with Crippen molar-refractivity contribution in [3.8, 4) is 22.6 Å². The Morgan fingerprint density at radius 2 is 1.63 bits per heavy atom. The van der Waals surface area contributed by atoms with Gasteiger partial charge in [0.25, 0.3) is 0 Å². The zero-order valence-electron chi connectivity index (χ0n) is 14.4. The number of aromatic nitrogens is 4. The van der Waals surface area contributed by atoms with Crippen LogP contribution in [0, 0.1) is 5.82 Å². The van der Waals surface area contributed by atoms with Crippen LogP contribution >= 0.6 is 0 Å². The maximum atomic E-state index is 13.3. The molecule has 6 heteroatoms. The van der Waals surface area contributed by atoms with E-state index in [2.05, 4.69) is 25.3 Å². The predicted octanol–water partition coefficient (Wildman–Crippen LogP) is 4.35. The van der Waals surface area contributed by atoms with Gasteiger partial charge in [-0.1, -0.05) is 0 Å². The third kappa shape index (κ3) is 4.12. The second kappa shape index (κ2) is 7.70. The first kappa shape index (κ1) is 16.8. The first-order valence-corrected chi connectivity index (χ1v) is 8.46. The van der Waals surface area contributed by atoms with E-state index < -0.39 is 0 Å². The minimum absolute atomic E-state index is 0.281. The SMILES string of the molecule is Fc1ccc(-c2cc(NCc3ccncc3)nc(-c3cccnc3)n2)cc1. The number of halogens is 1. The number of nitrogens with zero attached hydrogens (tertiary/aromatic N) is 4. The minimum Gasteiger partial charge on any atom is -0.366 e. The van der Waals surface area contributed by atoms with Gasteiger partial charge in [0.05, 0.1) is 5.69 Å². The Kier molecular flexibility index (Phi) is 4.78. The highest BCUT2D eigenvalue weighted by Crippen LogP contribution is 2.24. The van der Waals surface area contributed by atoms with Crippen molar-refractivity contribution in [3.63, 3.8) is 0 Å². The standard InChI is InChI=1S/C21H16FN5/c22-18-5-3-16(4-6-18)19-12-20(25-13-15-7-10-23-11-8-15)27-21(26-19)17-2-1-9-24-14-17/h1-12,14H,13H2,(H,25,26,27). The number of pyridine rings is 2. The average Bonchev–Trinajstić information content (AvgIpc) is 2.74. The molecule has 0 aliphatic heterocycles. The van der Waals surface area contributed by atoms with Crippen molar-refractivity contribution in [1.82, 2.24) is 19.9 Å². The Balaban J connectivity index is 1.71. The van der Waals surface area contributed by atoms with Crippen molar-refractivity contribution in [2.24, 2.45) is 0 Å². The van der Waals surface area contributed by atoms with Gasteiger partial charge in [0, 0.05) is 48.5 Å². The smallest absolute Gasteiger partial charge is 0.163 e. The van der Waals surface area contributed by atoms with Gasteiger partial charge in [-0.3, -0.25) is 9.97 Å². The highest BCUT2D eigenvalue weighted by molar-refractivity contribution is 5.67. The molecule has 4 rings (SSSR count). The third-order valence-corrected chi connectivity index (χ3v) is 4.01. The number of anilines is 1. The molecule has 132 valence electrons. The van der Waals surface area contributed by atoms with Crippen molar-refractivity contribution in [3.05, 3.63) is 90.8 Å². The molecule has 0 spiro atoms. The average molecular weight is 357 g/mol. The fraction of sp³-hybridized carbons (Fsp3) is 0.0476. The normalized spacial score (nSPS) is 10.6. The van der Waals surface area contributed by atoms with E-state index in [9.17, 15) is 4.39 Å². The van der Waals surface area contributed by atoms with Crippen LogP contribution in [0.15, 0.2) is 79.4 Å². The van der Waals surface area contributed by atoms with E-state index in [4.69, 9.17) is 0 Å². The van der Waals surface area contributed by atoms with Gasteiger partial charge in [0.1, 0.15) is 11.6 Å². The summed E-state index contributed by atoms with van der Waals surface area (Å²) >= 11 is 0. The monoisotopic (exact) mass is 357 g/mol. The van der Waals surface area contributed by atoms with E-state index in [1.807, 2.05) is 30.3 Å². The highest BCUT2D eigenvalue weighted by atomic mass is 19.1. The predicted molar refractivity (Wildman–Crippen MR) is 102 cm³/mol. The van der Waals surface area contributed by atoms with Crippen LogP contribution in [0.5, 0.6) is 0 Å². The van der Waals surface area contributed by atoms with E-state index >= 15 is 0 Å². The summed E-state index contributed by atoms with van der Waals surface area (Å²) in [6.45, 7) is 0.606. The van der Waals surface area contributed by atoms with Crippen LogP contribution in [0.1, 0.15) is 5.56 Å². The van der Waals surface area contributed by atoms with Crippen LogP contribution in [0.25, 0.3) is 22.6 Å². The molecule has 27 heavy (non-hydrogen) atoms. The minimum atomic E-state index is -0.281. The summed E-state index contributed by atoms with van der Waals surface area (Å²) in [6.07, 6.45) is 6.93. The summed E-state index contributed by atoms with van der Waals surface area (Å²) in [4.78, 5) is 17.4. The van der Waals surface area contributed by atoms with Crippen LogP contribution in [0.2, 0.25) is 0 Å². The summed E-state index contributed by atoms with van der Waals surface area (Å²) in [5.41, 5.74) is 3.43. The zero-order valence-corrected chi connectivity index (χ0v) is 14.4. The highest BCUT2D eigenvalue weighted by Gasteiger charge is 2.09. The Morgan fingerprint density at radius 1 is 0.815 bits per heavy atom. The summed E-state index contributed by atoms with van der Waals surface area (Å²) in [6, 6.07) is 15.7. The number of benzene rings is 1. The van der Waals surface area contributed by atoms with Gasteiger partial charge in [-0.2, -0.15) is 0 Å². The van der Waals surface area contributed by atoms with E-state index in [1.54, 1.807) is 36.9 Å². The first-order chi connectivity index (χ1) is 13.3. The number of rotatable bonds is 5. The maximum absolute atomic E-state index is 13.3.